The van der Waals surface area contributed by atoms with Gasteiger partial charge in [0.2, 0.25) is 0 Å². The van der Waals surface area contributed by atoms with E-state index in [0.717, 1.165) is 25.2 Å². The predicted octanol–water partition coefficient (Wildman–Crippen LogP) is 2.05. The number of fused-ring (bicyclic) bond motifs is 1. The Balaban J connectivity index is 1.92. The van der Waals surface area contributed by atoms with Gasteiger partial charge >= 0.3 is 0 Å². The van der Waals surface area contributed by atoms with Gasteiger partial charge in [-0.2, -0.15) is 0 Å². The van der Waals surface area contributed by atoms with Crippen LogP contribution in [0.5, 0.6) is 5.75 Å². The third-order valence-corrected chi connectivity index (χ3v) is 2.94. The maximum absolute atomic E-state index is 5.98. The first-order valence-corrected chi connectivity index (χ1v) is 5.90. The molecule has 16 heavy (non-hydrogen) atoms. The number of hydrogen-bond donors (Lipinski definition) is 1. The van der Waals surface area contributed by atoms with Crippen LogP contribution in [0.2, 0.25) is 0 Å². The fourth-order valence-corrected chi connectivity index (χ4v) is 2.08. The lowest BCUT2D eigenvalue weighted by Crippen LogP contribution is -2.07. The molecule has 0 heterocycles. The van der Waals surface area contributed by atoms with Crippen LogP contribution in [0, 0.1) is 0 Å². The average Bonchev–Trinajstić information content (AvgIpc) is 2.66. The monoisotopic (exact) mass is 221 g/mol. The van der Waals surface area contributed by atoms with Crippen molar-refractivity contribution in [1.82, 2.24) is 0 Å². The van der Waals surface area contributed by atoms with Crippen LogP contribution in [-0.2, 0) is 11.2 Å². The van der Waals surface area contributed by atoms with Gasteiger partial charge in [0.1, 0.15) is 12.4 Å². The molecule has 88 valence electrons. The highest BCUT2D eigenvalue weighted by atomic mass is 16.5. The van der Waals surface area contributed by atoms with E-state index in [1.807, 2.05) is 13.0 Å². The van der Waals surface area contributed by atoms with Crippen molar-refractivity contribution < 1.29 is 9.47 Å². The van der Waals surface area contributed by atoms with Crippen LogP contribution in [0.3, 0.4) is 0 Å². The predicted molar refractivity (Wildman–Crippen MR) is 63.7 cm³/mol. The molecule has 2 rings (SSSR count). The van der Waals surface area contributed by atoms with E-state index in [9.17, 15) is 0 Å². The molecule has 1 aliphatic rings. The van der Waals surface area contributed by atoms with Gasteiger partial charge in [0.25, 0.3) is 0 Å². The first-order chi connectivity index (χ1) is 7.81. The summed E-state index contributed by atoms with van der Waals surface area (Å²) in [5.74, 6) is 0.924. The first kappa shape index (κ1) is 11.4. The molecule has 3 heteroatoms. The van der Waals surface area contributed by atoms with Crippen LogP contribution in [0.4, 0.5) is 0 Å². The second kappa shape index (κ2) is 5.32. The Bertz CT molecular complexity index is 352. The Hall–Kier alpha value is -1.06. The quantitative estimate of drug-likeness (QED) is 0.774. The number of hydrogen-bond acceptors (Lipinski definition) is 3. The van der Waals surface area contributed by atoms with Crippen molar-refractivity contribution >= 4 is 0 Å². The van der Waals surface area contributed by atoms with Gasteiger partial charge in [-0.3, -0.25) is 0 Å². The number of nitrogens with two attached hydrogens (primary N) is 1. The lowest BCUT2D eigenvalue weighted by molar-refractivity contribution is 0.110. The minimum absolute atomic E-state index is 0.215. The molecule has 0 aromatic heterocycles. The number of aryl methyl sites for hydroxylation is 1. The highest BCUT2D eigenvalue weighted by molar-refractivity contribution is 5.40. The molecule has 0 fully saturated rings. The minimum Gasteiger partial charge on any atom is -0.491 e. The lowest BCUT2D eigenvalue weighted by atomic mass is 10.1. The smallest absolute Gasteiger partial charge is 0.119 e. The molecule has 0 spiro atoms. The molecule has 1 aromatic rings. The van der Waals surface area contributed by atoms with E-state index in [2.05, 4.69) is 12.1 Å². The SMILES string of the molecule is CCOCCOc1ccc2c(c1)CCC2N. The molecule has 1 unspecified atom stereocenters. The second-order valence-electron chi connectivity index (χ2n) is 4.05. The van der Waals surface area contributed by atoms with Crippen molar-refractivity contribution in [2.24, 2.45) is 5.73 Å². The van der Waals surface area contributed by atoms with Crippen LogP contribution < -0.4 is 10.5 Å². The normalized spacial score (nSPS) is 18.5. The summed E-state index contributed by atoms with van der Waals surface area (Å²) < 4.78 is 10.8. The largest absolute Gasteiger partial charge is 0.491 e. The molecule has 0 saturated heterocycles. The van der Waals surface area contributed by atoms with Crippen LogP contribution in [0.15, 0.2) is 18.2 Å². The highest BCUT2D eigenvalue weighted by Crippen LogP contribution is 2.31. The molecular formula is C13H19NO2. The Morgan fingerprint density at radius 1 is 1.38 bits per heavy atom. The summed E-state index contributed by atoms with van der Waals surface area (Å²) in [6.07, 6.45) is 2.12. The van der Waals surface area contributed by atoms with Crippen molar-refractivity contribution in [3.63, 3.8) is 0 Å². The molecule has 3 nitrogen and oxygen atoms in total. The minimum atomic E-state index is 0.215. The van der Waals surface area contributed by atoms with E-state index in [0.29, 0.717) is 13.2 Å². The second-order valence-corrected chi connectivity index (χ2v) is 4.05. The van der Waals surface area contributed by atoms with Crippen molar-refractivity contribution in [3.05, 3.63) is 29.3 Å². The van der Waals surface area contributed by atoms with Gasteiger partial charge < -0.3 is 15.2 Å². The molecule has 1 aromatic carbocycles. The van der Waals surface area contributed by atoms with Gasteiger partial charge in [0.05, 0.1) is 6.61 Å². The maximum Gasteiger partial charge on any atom is 0.119 e. The molecule has 2 N–H and O–H groups in total. The van der Waals surface area contributed by atoms with Crippen LogP contribution in [0.25, 0.3) is 0 Å². The summed E-state index contributed by atoms with van der Waals surface area (Å²) in [6, 6.07) is 6.40. The summed E-state index contributed by atoms with van der Waals surface area (Å²) in [5.41, 5.74) is 8.59. The third-order valence-electron chi connectivity index (χ3n) is 2.94. The van der Waals surface area contributed by atoms with Crippen molar-refractivity contribution in [2.45, 2.75) is 25.8 Å². The summed E-state index contributed by atoms with van der Waals surface area (Å²) in [5, 5.41) is 0. The number of ether oxygens (including phenoxy) is 2. The van der Waals surface area contributed by atoms with Gasteiger partial charge in [-0.25, -0.2) is 0 Å². The highest BCUT2D eigenvalue weighted by Gasteiger charge is 2.18. The molecule has 0 amide bonds. The van der Waals surface area contributed by atoms with E-state index in [-0.39, 0.29) is 6.04 Å². The van der Waals surface area contributed by atoms with Gasteiger partial charge in [0, 0.05) is 12.6 Å². The molecule has 0 aliphatic heterocycles. The molecular weight excluding hydrogens is 202 g/mol. The topological polar surface area (TPSA) is 44.5 Å². The van der Waals surface area contributed by atoms with Crippen LogP contribution >= 0.6 is 0 Å². The Kier molecular flexibility index (Phi) is 3.80. The number of benzene rings is 1. The van der Waals surface area contributed by atoms with Gasteiger partial charge in [-0.05, 0) is 43.0 Å². The zero-order chi connectivity index (χ0) is 11.4. The summed E-state index contributed by atoms with van der Waals surface area (Å²) in [7, 11) is 0. The average molecular weight is 221 g/mol. The molecule has 1 atom stereocenters. The fourth-order valence-electron chi connectivity index (χ4n) is 2.08. The summed E-state index contributed by atoms with van der Waals surface area (Å²) in [6.45, 7) is 3.98. The van der Waals surface area contributed by atoms with E-state index < -0.39 is 0 Å². The van der Waals surface area contributed by atoms with Gasteiger partial charge in [-0.15, -0.1) is 0 Å². The van der Waals surface area contributed by atoms with Gasteiger partial charge in [-0.1, -0.05) is 6.07 Å². The van der Waals surface area contributed by atoms with E-state index in [4.69, 9.17) is 15.2 Å². The van der Waals surface area contributed by atoms with E-state index in [1.165, 1.54) is 11.1 Å². The van der Waals surface area contributed by atoms with Crippen molar-refractivity contribution in [1.29, 1.82) is 0 Å². The third kappa shape index (κ3) is 2.54. The fraction of sp³-hybridized carbons (Fsp3) is 0.538. The Morgan fingerprint density at radius 3 is 3.06 bits per heavy atom. The first-order valence-electron chi connectivity index (χ1n) is 5.90. The zero-order valence-corrected chi connectivity index (χ0v) is 9.74. The van der Waals surface area contributed by atoms with Gasteiger partial charge in [0.15, 0.2) is 0 Å². The summed E-state index contributed by atoms with van der Waals surface area (Å²) in [4.78, 5) is 0. The zero-order valence-electron chi connectivity index (χ0n) is 9.74. The molecule has 0 bridgehead atoms. The van der Waals surface area contributed by atoms with E-state index in [1.54, 1.807) is 0 Å². The maximum atomic E-state index is 5.98. The molecule has 0 saturated carbocycles. The van der Waals surface area contributed by atoms with Crippen LogP contribution in [0.1, 0.15) is 30.5 Å². The van der Waals surface area contributed by atoms with Crippen molar-refractivity contribution in [2.75, 3.05) is 19.8 Å². The standard InChI is InChI=1S/C13H19NO2/c1-2-15-7-8-16-11-4-5-12-10(9-11)3-6-13(12)14/h4-5,9,13H,2-3,6-8,14H2,1H3. The Morgan fingerprint density at radius 2 is 2.25 bits per heavy atom. The van der Waals surface area contributed by atoms with E-state index >= 15 is 0 Å². The van der Waals surface area contributed by atoms with Crippen LogP contribution in [-0.4, -0.2) is 19.8 Å². The summed E-state index contributed by atoms with van der Waals surface area (Å²) >= 11 is 0. The molecule has 1 aliphatic carbocycles. The molecule has 0 radical (unpaired) electrons. The van der Waals surface area contributed by atoms with Crippen molar-refractivity contribution in [3.8, 4) is 5.75 Å². The number of rotatable bonds is 5. The lowest BCUT2D eigenvalue weighted by Gasteiger charge is -2.09. The Labute approximate surface area is 96.5 Å².